The topological polar surface area (TPSA) is 57.0 Å². The van der Waals surface area contributed by atoms with E-state index >= 15 is 0 Å². The van der Waals surface area contributed by atoms with Crippen LogP contribution in [0.2, 0.25) is 0 Å². The van der Waals surface area contributed by atoms with Crippen LogP contribution in [0.25, 0.3) is 0 Å². The van der Waals surface area contributed by atoms with Gasteiger partial charge in [0.2, 0.25) is 0 Å². The molecule has 0 aliphatic rings. The van der Waals surface area contributed by atoms with Crippen molar-refractivity contribution in [3.05, 3.63) is 41.0 Å². The first-order valence-corrected chi connectivity index (χ1v) is 4.98. The Hall–Kier alpha value is -1.55. The fraction of sp³-hybridized carbons (Fsp3) is 0.364. The summed E-state index contributed by atoms with van der Waals surface area (Å²) >= 11 is 0. The van der Waals surface area contributed by atoms with Gasteiger partial charge in [0.15, 0.2) is 0 Å². The third kappa shape index (κ3) is 1.80. The van der Waals surface area contributed by atoms with E-state index in [1.54, 1.807) is 0 Å². The third-order valence-corrected chi connectivity index (χ3v) is 2.64. The van der Waals surface area contributed by atoms with Crippen molar-refractivity contribution in [2.24, 2.45) is 5.73 Å². The standard InChI is InChI=1S/C11H15N3O/c1-8-11(9(2)15-13-8)7-14-5-3-4-10(14)6-12/h3-5H,6-7,12H2,1-2H3. The Balaban J connectivity index is 2.29. The second-order valence-electron chi connectivity index (χ2n) is 3.63. The summed E-state index contributed by atoms with van der Waals surface area (Å²) < 4.78 is 7.24. The highest BCUT2D eigenvalue weighted by Gasteiger charge is 2.10. The van der Waals surface area contributed by atoms with E-state index in [4.69, 9.17) is 10.3 Å². The predicted molar refractivity (Wildman–Crippen MR) is 57.4 cm³/mol. The average molecular weight is 205 g/mol. The molecular weight excluding hydrogens is 190 g/mol. The summed E-state index contributed by atoms with van der Waals surface area (Å²) in [4.78, 5) is 0. The van der Waals surface area contributed by atoms with E-state index in [9.17, 15) is 0 Å². The molecule has 0 amide bonds. The van der Waals surface area contributed by atoms with Gasteiger partial charge in [-0.2, -0.15) is 0 Å². The van der Waals surface area contributed by atoms with Gasteiger partial charge in [0.05, 0.1) is 12.2 Å². The molecule has 80 valence electrons. The molecule has 0 radical (unpaired) electrons. The minimum Gasteiger partial charge on any atom is -0.361 e. The summed E-state index contributed by atoms with van der Waals surface area (Å²) in [6.07, 6.45) is 2.02. The van der Waals surface area contributed by atoms with Crippen LogP contribution in [0, 0.1) is 13.8 Å². The molecule has 0 spiro atoms. The average Bonchev–Trinajstić information content (AvgIpc) is 2.79. The van der Waals surface area contributed by atoms with Gasteiger partial charge in [-0.15, -0.1) is 0 Å². The van der Waals surface area contributed by atoms with Crippen molar-refractivity contribution in [2.45, 2.75) is 26.9 Å². The number of hydrogen-bond acceptors (Lipinski definition) is 3. The summed E-state index contributed by atoms with van der Waals surface area (Å²) in [5.74, 6) is 0.879. The fourth-order valence-corrected chi connectivity index (χ4v) is 1.69. The molecule has 15 heavy (non-hydrogen) atoms. The van der Waals surface area contributed by atoms with Crippen LogP contribution in [0.3, 0.4) is 0 Å². The lowest BCUT2D eigenvalue weighted by Crippen LogP contribution is -2.08. The molecule has 0 bridgehead atoms. The quantitative estimate of drug-likeness (QED) is 0.828. The lowest BCUT2D eigenvalue weighted by molar-refractivity contribution is 0.392. The van der Waals surface area contributed by atoms with Crippen LogP contribution in [-0.2, 0) is 13.1 Å². The lowest BCUT2D eigenvalue weighted by atomic mass is 10.2. The summed E-state index contributed by atoms with van der Waals surface area (Å²) in [6, 6.07) is 4.03. The molecule has 4 nitrogen and oxygen atoms in total. The molecule has 0 saturated carbocycles. The van der Waals surface area contributed by atoms with Crippen molar-refractivity contribution in [3.63, 3.8) is 0 Å². The normalized spacial score (nSPS) is 10.9. The van der Waals surface area contributed by atoms with Crippen molar-refractivity contribution in [3.8, 4) is 0 Å². The first kappa shape index (κ1) is 9.98. The minimum atomic E-state index is 0.552. The Bertz CT molecular complexity index is 437. The molecule has 2 rings (SSSR count). The number of nitrogens with two attached hydrogens (primary N) is 1. The molecule has 0 atom stereocenters. The smallest absolute Gasteiger partial charge is 0.138 e. The maximum absolute atomic E-state index is 5.64. The van der Waals surface area contributed by atoms with Crippen LogP contribution < -0.4 is 5.73 Å². The van der Waals surface area contributed by atoms with Crippen molar-refractivity contribution < 1.29 is 4.52 Å². The zero-order valence-corrected chi connectivity index (χ0v) is 9.03. The van der Waals surface area contributed by atoms with Crippen molar-refractivity contribution in [1.82, 2.24) is 9.72 Å². The van der Waals surface area contributed by atoms with Gasteiger partial charge >= 0.3 is 0 Å². The van der Waals surface area contributed by atoms with Gasteiger partial charge in [0.25, 0.3) is 0 Å². The van der Waals surface area contributed by atoms with Gasteiger partial charge < -0.3 is 14.8 Å². The van der Waals surface area contributed by atoms with Crippen LogP contribution in [-0.4, -0.2) is 9.72 Å². The number of rotatable bonds is 3. The Morgan fingerprint density at radius 1 is 1.47 bits per heavy atom. The second-order valence-corrected chi connectivity index (χ2v) is 3.63. The van der Waals surface area contributed by atoms with Gasteiger partial charge in [-0.3, -0.25) is 0 Å². The predicted octanol–water partition coefficient (Wildman–Crippen LogP) is 1.60. The highest BCUT2D eigenvalue weighted by atomic mass is 16.5. The molecule has 0 saturated heterocycles. The van der Waals surface area contributed by atoms with Crippen LogP contribution in [0.15, 0.2) is 22.9 Å². The molecule has 2 heterocycles. The van der Waals surface area contributed by atoms with Crippen molar-refractivity contribution in [1.29, 1.82) is 0 Å². The molecule has 0 unspecified atom stereocenters. The van der Waals surface area contributed by atoms with E-state index in [0.717, 1.165) is 29.3 Å². The van der Waals surface area contributed by atoms with E-state index in [0.29, 0.717) is 6.54 Å². The van der Waals surface area contributed by atoms with Crippen LogP contribution in [0.5, 0.6) is 0 Å². The van der Waals surface area contributed by atoms with E-state index < -0.39 is 0 Å². The van der Waals surface area contributed by atoms with Gasteiger partial charge in [0, 0.05) is 24.0 Å². The Morgan fingerprint density at radius 2 is 2.27 bits per heavy atom. The molecular formula is C11H15N3O. The van der Waals surface area contributed by atoms with E-state index in [-0.39, 0.29) is 0 Å². The summed E-state index contributed by atoms with van der Waals surface area (Å²) in [5, 5.41) is 3.93. The van der Waals surface area contributed by atoms with Crippen molar-refractivity contribution in [2.75, 3.05) is 0 Å². The Labute approximate surface area is 88.7 Å². The monoisotopic (exact) mass is 205 g/mol. The molecule has 0 aromatic carbocycles. The molecule has 2 aromatic rings. The maximum Gasteiger partial charge on any atom is 0.138 e. The fourth-order valence-electron chi connectivity index (χ4n) is 1.69. The van der Waals surface area contributed by atoms with E-state index in [2.05, 4.69) is 9.72 Å². The van der Waals surface area contributed by atoms with Crippen LogP contribution >= 0.6 is 0 Å². The van der Waals surface area contributed by atoms with Crippen molar-refractivity contribution >= 4 is 0 Å². The third-order valence-electron chi connectivity index (χ3n) is 2.64. The van der Waals surface area contributed by atoms with Crippen LogP contribution in [0.4, 0.5) is 0 Å². The summed E-state index contributed by atoms with van der Waals surface area (Å²) in [6.45, 7) is 5.22. The summed E-state index contributed by atoms with van der Waals surface area (Å²) in [7, 11) is 0. The first-order chi connectivity index (χ1) is 7.22. The zero-order valence-electron chi connectivity index (χ0n) is 9.03. The van der Waals surface area contributed by atoms with Crippen LogP contribution in [0.1, 0.15) is 22.7 Å². The van der Waals surface area contributed by atoms with Gasteiger partial charge in [-0.1, -0.05) is 5.16 Å². The Morgan fingerprint density at radius 3 is 2.87 bits per heavy atom. The largest absolute Gasteiger partial charge is 0.361 e. The molecule has 4 heteroatoms. The summed E-state index contributed by atoms with van der Waals surface area (Å²) in [5.41, 5.74) is 8.85. The van der Waals surface area contributed by atoms with Gasteiger partial charge in [-0.25, -0.2) is 0 Å². The molecule has 2 aromatic heterocycles. The lowest BCUT2D eigenvalue weighted by Gasteiger charge is -2.06. The molecule has 0 aliphatic carbocycles. The SMILES string of the molecule is Cc1noc(C)c1Cn1cccc1CN. The number of aromatic nitrogens is 2. The highest BCUT2D eigenvalue weighted by Crippen LogP contribution is 2.15. The molecule has 2 N–H and O–H groups in total. The second kappa shape index (κ2) is 3.90. The number of nitrogens with zero attached hydrogens (tertiary/aromatic N) is 2. The number of aryl methyl sites for hydroxylation is 2. The Kier molecular flexibility index (Phi) is 2.60. The minimum absolute atomic E-state index is 0.552. The van der Waals surface area contributed by atoms with Gasteiger partial charge in [-0.05, 0) is 26.0 Å². The zero-order chi connectivity index (χ0) is 10.8. The number of hydrogen-bond donors (Lipinski definition) is 1. The maximum atomic E-state index is 5.64. The van der Waals surface area contributed by atoms with E-state index in [1.807, 2.05) is 32.2 Å². The first-order valence-electron chi connectivity index (χ1n) is 4.98. The molecule has 0 fully saturated rings. The van der Waals surface area contributed by atoms with E-state index in [1.165, 1.54) is 0 Å². The van der Waals surface area contributed by atoms with Gasteiger partial charge in [0.1, 0.15) is 5.76 Å². The molecule has 0 aliphatic heterocycles. The highest BCUT2D eigenvalue weighted by molar-refractivity contribution is 5.22.